The standard InChI is InChI=1S/C19H16ClN3O2/c1-25-17-9-18(20)22-12-15(17)19(24)23-11-13-7-8-16(21-10-13)14-5-3-2-4-6-14/h2-10,12H,11H2,1H3,(H,23,24). The smallest absolute Gasteiger partial charge is 0.256 e. The summed E-state index contributed by atoms with van der Waals surface area (Å²) in [6.45, 7) is 0.354. The van der Waals surface area contributed by atoms with Gasteiger partial charge in [-0.1, -0.05) is 48.0 Å². The summed E-state index contributed by atoms with van der Waals surface area (Å²) in [5.41, 5.74) is 3.17. The number of aromatic nitrogens is 2. The fourth-order valence-corrected chi connectivity index (χ4v) is 2.49. The molecule has 0 fully saturated rings. The van der Waals surface area contributed by atoms with E-state index in [1.54, 1.807) is 6.20 Å². The molecule has 25 heavy (non-hydrogen) atoms. The number of pyridine rings is 2. The molecule has 0 spiro atoms. The number of hydrogen-bond donors (Lipinski definition) is 1. The third-order valence-corrected chi connectivity index (χ3v) is 3.85. The maximum absolute atomic E-state index is 12.3. The molecule has 1 amide bonds. The Kier molecular flexibility index (Phi) is 5.26. The summed E-state index contributed by atoms with van der Waals surface area (Å²) >= 11 is 5.81. The lowest BCUT2D eigenvalue weighted by Gasteiger charge is -2.09. The number of benzene rings is 1. The molecule has 0 unspecified atom stereocenters. The van der Waals surface area contributed by atoms with Crippen LogP contribution in [0.25, 0.3) is 11.3 Å². The first-order chi connectivity index (χ1) is 12.2. The van der Waals surface area contributed by atoms with Crippen LogP contribution in [-0.4, -0.2) is 23.0 Å². The van der Waals surface area contributed by atoms with E-state index >= 15 is 0 Å². The van der Waals surface area contributed by atoms with E-state index in [1.165, 1.54) is 19.4 Å². The zero-order chi connectivity index (χ0) is 17.6. The average molecular weight is 354 g/mol. The van der Waals surface area contributed by atoms with E-state index in [9.17, 15) is 4.79 Å². The number of ether oxygens (including phenoxy) is 1. The van der Waals surface area contributed by atoms with Crippen molar-refractivity contribution in [1.82, 2.24) is 15.3 Å². The Bertz CT molecular complexity index is 868. The van der Waals surface area contributed by atoms with Crippen molar-refractivity contribution in [2.75, 3.05) is 7.11 Å². The summed E-state index contributed by atoms with van der Waals surface area (Å²) in [5.74, 6) is 0.100. The topological polar surface area (TPSA) is 64.1 Å². The van der Waals surface area contributed by atoms with E-state index in [2.05, 4.69) is 15.3 Å². The van der Waals surface area contributed by atoms with E-state index in [-0.39, 0.29) is 11.1 Å². The van der Waals surface area contributed by atoms with Gasteiger partial charge in [0, 0.05) is 30.6 Å². The molecule has 0 saturated heterocycles. The van der Waals surface area contributed by atoms with E-state index in [1.807, 2.05) is 42.5 Å². The van der Waals surface area contributed by atoms with E-state index in [0.29, 0.717) is 17.9 Å². The van der Waals surface area contributed by atoms with Gasteiger partial charge >= 0.3 is 0 Å². The lowest BCUT2D eigenvalue weighted by molar-refractivity contribution is 0.0947. The van der Waals surface area contributed by atoms with Gasteiger partial charge in [0.2, 0.25) is 0 Å². The zero-order valence-corrected chi connectivity index (χ0v) is 14.3. The first kappa shape index (κ1) is 16.9. The number of amides is 1. The van der Waals surface area contributed by atoms with Crippen LogP contribution in [0.15, 0.2) is 60.9 Å². The van der Waals surface area contributed by atoms with Gasteiger partial charge in [-0.3, -0.25) is 9.78 Å². The monoisotopic (exact) mass is 353 g/mol. The van der Waals surface area contributed by atoms with E-state index in [4.69, 9.17) is 16.3 Å². The van der Waals surface area contributed by atoms with Crippen LogP contribution in [-0.2, 0) is 6.54 Å². The molecule has 0 aliphatic heterocycles. The van der Waals surface area contributed by atoms with Crippen LogP contribution in [0.5, 0.6) is 5.75 Å². The Morgan fingerprint density at radius 1 is 1.12 bits per heavy atom. The quantitative estimate of drug-likeness (QED) is 0.710. The molecule has 3 aromatic rings. The number of hydrogen-bond acceptors (Lipinski definition) is 4. The van der Waals surface area contributed by atoms with Crippen LogP contribution in [0.4, 0.5) is 0 Å². The molecular weight excluding hydrogens is 338 g/mol. The number of carbonyl (C=O) groups is 1. The van der Waals surface area contributed by atoms with Crippen LogP contribution < -0.4 is 10.1 Å². The maximum atomic E-state index is 12.3. The Morgan fingerprint density at radius 3 is 2.60 bits per heavy atom. The van der Waals surface area contributed by atoms with Gasteiger partial charge < -0.3 is 10.1 Å². The maximum Gasteiger partial charge on any atom is 0.256 e. The third kappa shape index (κ3) is 4.14. The molecule has 0 saturated carbocycles. The van der Waals surface area contributed by atoms with Crippen LogP contribution in [0.2, 0.25) is 5.15 Å². The van der Waals surface area contributed by atoms with Crippen molar-refractivity contribution in [2.24, 2.45) is 0 Å². The molecule has 6 heteroatoms. The average Bonchev–Trinajstić information content (AvgIpc) is 2.67. The molecule has 0 bridgehead atoms. The Morgan fingerprint density at radius 2 is 1.92 bits per heavy atom. The van der Waals surface area contributed by atoms with Crippen molar-refractivity contribution < 1.29 is 9.53 Å². The molecule has 2 aromatic heterocycles. The highest BCUT2D eigenvalue weighted by Crippen LogP contribution is 2.21. The molecule has 1 aromatic carbocycles. The van der Waals surface area contributed by atoms with Gasteiger partial charge in [0.05, 0.1) is 18.4 Å². The van der Waals surface area contributed by atoms with Gasteiger partial charge in [-0.05, 0) is 11.6 Å². The Balaban J connectivity index is 1.67. The lowest BCUT2D eigenvalue weighted by atomic mass is 10.1. The number of nitrogens with zero attached hydrogens (tertiary/aromatic N) is 2. The number of halogens is 1. The second-order valence-corrected chi connectivity index (χ2v) is 5.69. The molecule has 0 aliphatic carbocycles. The van der Waals surface area contributed by atoms with Gasteiger partial charge in [-0.25, -0.2) is 4.98 Å². The van der Waals surface area contributed by atoms with Gasteiger partial charge in [0.15, 0.2) is 0 Å². The molecule has 0 atom stereocenters. The van der Waals surface area contributed by atoms with E-state index in [0.717, 1.165) is 16.8 Å². The van der Waals surface area contributed by atoms with Crippen molar-refractivity contribution in [3.8, 4) is 17.0 Å². The number of methoxy groups -OCH3 is 1. The second kappa shape index (κ2) is 7.77. The van der Waals surface area contributed by atoms with E-state index < -0.39 is 0 Å². The minimum absolute atomic E-state index is 0.272. The fraction of sp³-hybridized carbons (Fsp3) is 0.105. The summed E-state index contributed by atoms with van der Waals surface area (Å²) in [6, 6.07) is 15.3. The number of rotatable bonds is 5. The molecule has 126 valence electrons. The van der Waals surface area contributed by atoms with Crippen molar-refractivity contribution in [1.29, 1.82) is 0 Å². The Hall–Kier alpha value is -2.92. The molecule has 0 radical (unpaired) electrons. The van der Waals surface area contributed by atoms with Crippen molar-refractivity contribution in [3.63, 3.8) is 0 Å². The summed E-state index contributed by atoms with van der Waals surface area (Å²) < 4.78 is 5.17. The predicted octanol–water partition coefficient (Wildman–Crippen LogP) is 3.74. The first-order valence-electron chi connectivity index (χ1n) is 7.65. The normalized spacial score (nSPS) is 10.3. The summed E-state index contributed by atoms with van der Waals surface area (Å²) in [4.78, 5) is 20.7. The number of carbonyl (C=O) groups excluding carboxylic acids is 1. The molecular formula is C19H16ClN3O2. The number of nitrogens with one attached hydrogen (secondary N) is 1. The van der Waals surface area contributed by atoms with Gasteiger partial charge in [-0.15, -0.1) is 0 Å². The first-order valence-corrected chi connectivity index (χ1v) is 8.03. The van der Waals surface area contributed by atoms with Gasteiger partial charge in [0.1, 0.15) is 10.9 Å². The highest BCUT2D eigenvalue weighted by molar-refractivity contribution is 6.29. The predicted molar refractivity (Wildman–Crippen MR) is 96.6 cm³/mol. The van der Waals surface area contributed by atoms with Gasteiger partial charge in [-0.2, -0.15) is 0 Å². The zero-order valence-electron chi connectivity index (χ0n) is 13.6. The Labute approximate surface area is 150 Å². The fourth-order valence-electron chi connectivity index (χ4n) is 2.34. The van der Waals surface area contributed by atoms with Crippen LogP contribution >= 0.6 is 11.6 Å². The summed E-state index contributed by atoms with van der Waals surface area (Å²) in [5, 5.41) is 3.10. The highest BCUT2D eigenvalue weighted by atomic mass is 35.5. The summed E-state index contributed by atoms with van der Waals surface area (Å²) in [7, 11) is 1.48. The van der Waals surface area contributed by atoms with Crippen LogP contribution in [0, 0.1) is 0 Å². The second-order valence-electron chi connectivity index (χ2n) is 5.31. The molecule has 3 rings (SSSR count). The lowest BCUT2D eigenvalue weighted by Crippen LogP contribution is -2.23. The van der Waals surface area contributed by atoms with Gasteiger partial charge in [0.25, 0.3) is 5.91 Å². The summed E-state index contributed by atoms with van der Waals surface area (Å²) in [6.07, 6.45) is 3.15. The molecule has 2 heterocycles. The minimum Gasteiger partial charge on any atom is -0.496 e. The molecule has 1 N–H and O–H groups in total. The van der Waals surface area contributed by atoms with Crippen LogP contribution in [0.3, 0.4) is 0 Å². The molecule has 0 aliphatic rings. The third-order valence-electron chi connectivity index (χ3n) is 3.64. The largest absolute Gasteiger partial charge is 0.496 e. The van der Waals surface area contributed by atoms with Crippen LogP contribution in [0.1, 0.15) is 15.9 Å². The van der Waals surface area contributed by atoms with Crippen molar-refractivity contribution in [3.05, 3.63) is 77.2 Å². The minimum atomic E-state index is -0.284. The SMILES string of the molecule is COc1cc(Cl)ncc1C(=O)NCc1ccc(-c2ccccc2)nc1. The van der Waals surface area contributed by atoms with Crippen molar-refractivity contribution in [2.45, 2.75) is 6.54 Å². The molecule has 5 nitrogen and oxygen atoms in total. The van der Waals surface area contributed by atoms with Crippen molar-refractivity contribution >= 4 is 17.5 Å². The highest BCUT2D eigenvalue weighted by Gasteiger charge is 2.13.